The van der Waals surface area contributed by atoms with Crippen molar-refractivity contribution in [2.75, 3.05) is 0 Å². The van der Waals surface area contributed by atoms with Crippen LogP contribution in [-0.4, -0.2) is 10.3 Å². The van der Waals surface area contributed by atoms with E-state index in [0.717, 1.165) is 21.9 Å². The van der Waals surface area contributed by atoms with E-state index in [0.29, 0.717) is 0 Å². The maximum absolute atomic E-state index is 5.04. The summed E-state index contributed by atoms with van der Waals surface area (Å²) in [5, 5.41) is 9.18. The molecule has 0 aliphatic rings. The van der Waals surface area contributed by atoms with Gasteiger partial charge in [-0.2, -0.15) is 0 Å². The number of hydrogen-bond acceptors (Lipinski definition) is 4. The van der Waals surface area contributed by atoms with E-state index in [1.807, 2.05) is 12.1 Å². The number of benzene rings is 1. The summed E-state index contributed by atoms with van der Waals surface area (Å²) >= 11 is 0. The standard InChI is InChI=1S/C8H4N2O2/c1-2-7-6(4-10-11-7)8-5(1)3-9-12-8/h1-4H. The molecule has 2 heterocycles. The Morgan fingerprint density at radius 1 is 1.00 bits per heavy atom. The minimum absolute atomic E-state index is 0.722. The highest BCUT2D eigenvalue weighted by atomic mass is 16.5. The molecule has 0 spiro atoms. The monoisotopic (exact) mass is 160 g/mol. The number of hydrogen-bond donors (Lipinski definition) is 0. The summed E-state index contributed by atoms with van der Waals surface area (Å²) in [6.45, 7) is 0. The summed E-state index contributed by atoms with van der Waals surface area (Å²) in [7, 11) is 0. The largest absolute Gasteiger partial charge is 0.356 e. The Bertz CT molecular complexity index is 488. The van der Waals surface area contributed by atoms with E-state index < -0.39 is 0 Å². The first kappa shape index (κ1) is 5.77. The zero-order chi connectivity index (χ0) is 7.97. The normalized spacial score (nSPS) is 11.3. The zero-order valence-corrected chi connectivity index (χ0v) is 6.02. The maximum Gasteiger partial charge on any atom is 0.179 e. The molecule has 3 rings (SSSR count). The first-order chi connectivity index (χ1) is 5.95. The number of rotatable bonds is 0. The van der Waals surface area contributed by atoms with Gasteiger partial charge < -0.3 is 9.05 Å². The van der Waals surface area contributed by atoms with Crippen molar-refractivity contribution in [3.63, 3.8) is 0 Å². The van der Waals surface area contributed by atoms with Crippen LogP contribution in [0, 0.1) is 0 Å². The lowest BCUT2D eigenvalue weighted by Crippen LogP contribution is -1.64. The number of aromatic nitrogens is 2. The lowest BCUT2D eigenvalue weighted by atomic mass is 10.2. The molecular formula is C8H4N2O2. The van der Waals surface area contributed by atoms with Crippen molar-refractivity contribution in [2.24, 2.45) is 0 Å². The van der Waals surface area contributed by atoms with Gasteiger partial charge in [-0.3, -0.25) is 0 Å². The molecule has 3 aromatic rings. The molecule has 2 aromatic heterocycles. The van der Waals surface area contributed by atoms with Gasteiger partial charge in [0.05, 0.1) is 17.8 Å². The molecule has 0 radical (unpaired) electrons. The van der Waals surface area contributed by atoms with Crippen LogP contribution in [0.25, 0.3) is 21.9 Å². The first-order valence-electron chi connectivity index (χ1n) is 3.53. The van der Waals surface area contributed by atoms with Gasteiger partial charge in [-0.25, -0.2) is 0 Å². The minimum atomic E-state index is 0.722. The predicted molar refractivity (Wildman–Crippen MR) is 41.6 cm³/mol. The lowest BCUT2D eigenvalue weighted by molar-refractivity contribution is 0.455. The molecule has 0 aliphatic heterocycles. The Morgan fingerprint density at radius 2 is 1.92 bits per heavy atom. The molecule has 0 amide bonds. The van der Waals surface area contributed by atoms with Gasteiger partial charge in [0.1, 0.15) is 0 Å². The highest BCUT2D eigenvalue weighted by molar-refractivity contribution is 6.00. The van der Waals surface area contributed by atoms with Gasteiger partial charge in [0, 0.05) is 5.39 Å². The van der Waals surface area contributed by atoms with Gasteiger partial charge in [-0.15, -0.1) is 0 Å². The van der Waals surface area contributed by atoms with Gasteiger partial charge in [-0.1, -0.05) is 10.3 Å². The molecule has 0 saturated carbocycles. The van der Waals surface area contributed by atoms with Crippen molar-refractivity contribution in [3.8, 4) is 0 Å². The summed E-state index contributed by atoms with van der Waals surface area (Å²) in [5.41, 5.74) is 1.45. The molecule has 1 aromatic carbocycles. The van der Waals surface area contributed by atoms with Crippen LogP contribution in [-0.2, 0) is 0 Å². The van der Waals surface area contributed by atoms with Crippen LogP contribution in [0.3, 0.4) is 0 Å². The van der Waals surface area contributed by atoms with E-state index in [4.69, 9.17) is 9.05 Å². The summed E-state index contributed by atoms with van der Waals surface area (Å²) < 4.78 is 10.00. The number of fused-ring (bicyclic) bond motifs is 3. The van der Waals surface area contributed by atoms with Crippen LogP contribution in [0.5, 0.6) is 0 Å². The quantitative estimate of drug-likeness (QED) is 0.504. The molecule has 0 saturated heterocycles. The molecule has 0 aliphatic carbocycles. The van der Waals surface area contributed by atoms with Crippen LogP contribution >= 0.6 is 0 Å². The van der Waals surface area contributed by atoms with Gasteiger partial charge >= 0.3 is 0 Å². The van der Waals surface area contributed by atoms with Crippen LogP contribution in [0.1, 0.15) is 0 Å². The third-order valence-electron chi connectivity index (χ3n) is 1.86. The average Bonchev–Trinajstić information content (AvgIpc) is 2.71. The Kier molecular flexibility index (Phi) is 0.889. The fourth-order valence-electron chi connectivity index (χ4n) is 1.28. The second-order valence-corrected chi connectivity index (χ2v) is 2.55. The van der Waals surface area contributed by atoms with E-state index in [1.165, 1.54) is 0 Å². The Balaban J connectivity index is 2.71. The third kappa shape index (κ3) is 0.567. The van der Waals surface area contributed by atoms with Gasteiger partial charge in [0.25, 0.3) is 0 Å². The SMILES string of the molecule is c1cc2oncc2c2oncc12. The van der Waals surface area contributed by atoms with Crippen molar-refractivity contribution >= 4 is 21.9 Å². The number of nitrogens with zero attached hydrogens (tertiary/aromatic N) is 2. The molecule has 0 unspecified atom stereocenters. The highest BCUT2D eigenvalue weighted by Crippen LogP contribution is 2.24. The molecule has 58 valence electrons. The molecule has 0 N–H and O–H groups in total. The summed E-state index contributed by atoms with van der Waals surface area (Å²) in [5.74, 6) is 0. The van der Waals surface area contributed by atoms with Crippen molar-refractivity contribution in [3.05, 3.63) is 24.5 Å². The van der Waals surface area contributed by atoms with E-state index in [-0.39, 0.29) is 0 Å². The van der Waals surface area contributed by atoms with Crippen molar-refractivity contribution in [2.45, 2.75) is 0 Å². The van der Waals surface area contributed by atoms with E-state index in [2.05, 4.69) is 10.3 Å². The molecule has 0 atom stereocenters. The average molecular weight is 160 g/mol. The van der Waals surface area contributed by atoms with Crippen LogP contribution < -0.4 is 0 Å². The minimum Gasteiger partial charge on any atom is -0.356 e. The van der Waals surface area contributed by atoms with Gasteiger partial charge in [0.2, 0.25) is 0 Å². The Hall–Kier alpha value is -1.84. The second kappa shape index (κ2) is 1.85. The molecule has 0 bridgehead atoms. The third-order valence-corrected chi connectivity index (χ3v) is 1.86. The van der Waals surface area contributed by atoms with E-state index in [9.17, 15) is 0 Å². The summed E-state index contributed by atoms with van der Waals surface area (Å²) in [6, 6.07) is 3.74. The fraction of sp³-hybridized carbons (Fsp3) is 0. The van der Waals surface area contributed by atoms with Crippen molar-refractivity contribution in [1.82, 2.24) is 10.3 Å². The van der Waals surface area contributed by atoms with Crippen LogP contribution in [0.15, 0.2) is 33.6 Å². The van der Waals surface area contributed by atoms with E-state index >= 15 is 0 Å². The first-order valence-corrected chi connectivity index (χ1v) is 3.53. The van der Waals surface area contributed by atoms with Gasteiger partial charge in [-0.05, 0) is 12.1 Å². The van der Waals surface area contributed by atoms with E-state index in [1.54, 1.807) is 12.4 Å². The molecule has 0 fully saturated rings. The maximum atomic E-state index is 5.04. The highest BCUT2D eigenvalue weighted by Gasteiger charge is 2.06. The lowest BCUT2D eigenvalue weighted by Gasteiger charge is -1.84. The Labute approximate surface area is 66.7 Å². The smallest absolute Gasteiger partial charge is 0.179 e. The zero-order valence-electron chi connectivity index (χ0n) is 6.02. The second-order valence-electron chi connectivity index (χ2n) is 2.55. The van der Waals surface area contributed by atoms with Crippen molar-refractivity contribution in [1.29, 1.82) is 0 Å². The fourth-order valence-corrected chi connectivity index (χ4v) is 1.28. The van der Waals surface area contributed by atoms with Crippen LogP contribution in [0.4, 0.5) is 0 Å². The Morgan fingerprint density at radius 3 is 2.92 bits per heavy atom. The molecule has 4 heteroatoms. The summed E-state index contributed by atoms with van der Waals surface area (Å²) in [4.78, 5) is 0. The predicted octanol–water partition coefficient (Wildman–Crippen LogP) is 1.97. The molecule has 12 heavy (non-hydrogen) atoms. The van der Waals surface area contributed by atoms with Crippen LogP contribution in [0.2, 0.25) is 0 Å². The molecular weight excluding hydrogens is 156 g/mol. The topological polar surface area (TPSA) is 52.1 Å². The molecule has 4 nitrogen and oxygen atoms in total. The van der Waals surface area contributed by atoms with Crippen molar-refractivity contribution < 1.29 is 9.05 Å². The summed E-state index contributed by atoms with van der Waals surface area (Å²) in [6.07, 6.45) is 3.30. The van der Waals surface area contributed by atoms with Gasteiger partial charge in [0.15, 0.2) is 11.2 Å².